The summed E-state index contributed by atoms with van der Waals surface area (Å²) in [5, 5.41) is 2.03. The van der Waals surface area contributed by atoms with Crippen molar-refractivity contribution in [3.63, 3.8) is 0 Å². The van der Waals surface area contributed by atoms with Gasteiger partial charge < -0.3 is 14.4 Å². The minimum atomic E-state index is 0.101. The molecule has 0 unspecified atom stereocenters. The smallest absolute Gasteiger partial charge is 0.246 e. The molecule has 0 radical (unpaired) electrons. The van der Waals surface area contributed by atoms with Crippen LogP contribution in [0.25, 0.3) is 6.08 Å². The molecule has 3 aliphatic heterocycles. The summed E-state index contributed by atoms with van der Waals surface area (Å²) in [6.07, 6.45) is 3.64. The summed E-state index contributed by atoms with van der Waals surface area (Å²) in [6.45, 7) is 7.79. The quantitative estimate of drug-likeness (QED) is 0.775. The second-order valence-corrected chi connectivity index (χ2v) is 8.01. The maximum Gasteiger partial charge on any atom is 0.246 e. The van der Waals surface area contributed by atoms with Crippen LogP contribution in [0.5, 0.6) is 0 Å². The first-order chi connectivity index (χ1) is 11.8. The molecule has 0 bridgehead atoms. The zero-order valence-corrected chi connectivity index (χ0v) is 14.7. The fourth-order valence-electron chi connectivity index (χ4n) is 4.07. The van der Waals surface area contributed by atoms with Gasteiger partial charge in [0.2, 0.25) is 5.91 Å². The predicted molar refractivity (Wildman–Crippen MR) is 93.9 cm³/mol. The van der Waals surface area contributed by atoms with E-state index in [0.29, 0.717) is 5.92 Å². The predicted octanol–water partition coefficient (Wildman–Crippen LogP) is 1.57. The maximum atomic E-state index is 12.6. The Morgan fingerprint density at radius 3 is 3.04 bits per heavy atom. The Hall–Kier alpha value is -1.21. The van der Waals surface area contributed by atoms with Gasteiger partial charge in [-0.2, -0.15) is 0 Å². The van der Waals surface area contributed by atoms with Crippen LogP contribution in [-0.4, -0.2) is 74.9 Å². The van der Waals surface area contributed by atoms with Crippen molar-refractivity contribution in [1.29, 1.82) is 0 Å². The zero-order chi connectivity index (χ0) is 16.4. The first-order valence-corrected chi connectivity index (χ1v) is 9.51. The molecule has 0 aliphatic carbocycles. The Balaban J connectivity index is 1.41. The molecular weight excluding hydrogens is 324 g/mol. The van der Waals surface area contributed by atoms with Crippen LogP contribution in [0.15, 0.2) is 23.6 Å². The van der Waals surface area contributed by atoms with E-state index in [1.54, 1.807) is 17.4 Å². The molecule has 2 atom stereocenters. The molecule has 0 aromatic carbocycles. The third-order valence-corrected chi connectivity index (χ3v) is 6.25. The number of fused-ring (bicyclic) bond motifs is 1. The van der Waals surface area contributed by atoms with Gasteiger partial charge in [-0.1, -0.05) is 6.07 Å². The molecule has 0 spiro atoms. The van der Waals surface area contributed by atoms with Crippen molar-refractivity contribution in [3.8, 4) is 0 Å². The van der Waals surface area contributed by atoms with Crippen LogP contribution >= 0.6 is 11.3 Å². The van der Waals surface area contributed by atoms with Crippen molar-refractivity contribution in [2.75, 3.05) is 59.2 Å². The molecule has 3 fully saturated rings. The van der Waals surface area contributed by atoms with E-state index in [2.05, 4.69) is 4.90 Å². The molecule has 0 N–H and O–H groups in total. The van der Waals surface area contributed by atoms with Crippen molar-refractivity contribution >= 4 is 23.3 Å². The minimum Gasteiger partial charge on any atom is -0.380 e. The van der Waals surface area contributed by atoms with Gasteiger partial charge in [0.05, 0.1) is 26.4 Å². The molecule has 0 saturated carbocycles. The highest BCUT2D eigenvalue weighted by Gasteiger charge is 2.52. The van der Waals surface area contributed by atoms with Gasteiger partial charge >= 0.3 is 0 Å². The summed E-state index contributed by atoms with van der Waals surface area (Å²) < 4.78 is 11.2. The minimum absolute atomic E-state index is 0.101. The van der Waals surface area contributed by atoms with E-state index < -0.39 is 0 Å². The number of likely N-dealkylation sites (tertiary alicyclic amines) is 1. The van der Waals surface area contributed by atoms with Gasteiger partial charge in [-0.3, -0.25) is 9.69 Å². The van der Waals surface area contributed by atoms with E-state index in [-0.39, 0.29) is 11.3 Å². The third kappa shape index (κ3) is 3.28. The number of morpholine rings is 1. The van der Waals surface area contributed by atoms with Crippen molar-refractivity contribution in [3.05, 3.63) is 28.5 Å². The molecule has 4 rings (SSSR count). The molecule has 1 aromatic rings. The van der Waals surface area contributed by atoms with Gasteiger partial charge in [0.25, 0.3) is 0 Å². The van der Waals surface area contributed by atoms with Crippen molar-refractivity contribution in [2.45, 2.75) is 0 Å². The normalized spacial score (nSPS) is 31.0. The highest BCUT2D eigenvalue weighted by Crippen LogP contribution is 2.42. The number of rotatable bonds is 4. The van der Waals surface area contributed by atoms with E-state index in [4.69, 9.17) is 9.47 Å². The van der Waals surface area contributed by atoms with Crippen molar-refractivity contribution in [1.82, 2.24) is 9.80 Å². The lowest BCUT2D eigenvalue weighted by Crippen LogP contribution is -2.47. The topological polar surface area (TPSA) is 42.0 Å². The highest BCUT2D eigenvalue weighted by molar-refractivity contribution is 7.10. The zero-order valence-electron chi connectivity index (χ0n) is 13.9. The fraction of sp³-hybridized carbons (Fsp3) is 0.611. The van der Waals surface area contributed by atoms with Crippen LogP contribution in [0.2, 0.25) is 0 Å². The Morgan fingerprint density at radius 2 is 2.25 bits per heavy atom. The molecular formula is C18H24N2O3S. The first-order valence-electron chi connectivity index (χ1n) is 8.64. The van der Waals surface area contributed by atoms with Gasteiger partial charge in [0.1, 0.15) is 0 Å². The highest BCUT2D eigenvalue weighted by atomic mass is 32.1. The molecule has 24 heavy (non-hydrogen) atoms. The van der Waals surface area contributed by atoms with E-state index in [9.17, 15) is 4.79 Å². The Labute approximate surface area is 146 Å². The molecule has 1 aromatic heterocycles. The second kappa shape index (κ2) is 6.96. The van der Waals surface area contributed by atoms with Gasteiger partial charge in [-0.05, 0) is 17.5 Å². The van der Waals surface area contributed by atoms with E-state index >= 15 is 0 Å². The van der Waals surface area contributed by atoms with Crippen LogP contribution in [0.3, 0.4) is 0 Å². The number of hydrogen-bond donors (Lipinski definition) is 0. The Morgan fingerprint density at radius 1 is 1.38 bits per heavy atom. The number of nitrogens with zero attached hydrogens (tertiary/aromatic N) is 2. The molecule has 5 nitrogen and oxygen atoms in total. The second-order valence-electron chi connectivity index (χ2n) is 7.03. The van der Waals surface area contributed by atoms with Gasteiger partial charge in [-0.25, -0.2) is 0 Å². The molecule has 3 saturated heterocycles. The summed E-state index contributed by atoms with van der Waals surface area (Å²) in [5.74, 6) is 0.582. The Kier molecular flexibility index (Phi) is 4.72. The molecule has 4 heterocycles. The number of carbonyl (C=O) groups is 1. The molecule has 1 amide bonds. The number of carbonyl (C=O) groups excluding carboxylic acids is 1. The molecule has 3 aliphatic rings. The number of thiophene rings is 1. The SMILES string of the molecule is O=C(/C=C/c1cccs1)N1C[C@@H]2COC[C@]2(CN2CCOCC2)C1. The van der Waals surface area contributed by atoms with Crippen molar-refractivity contribution < 1.29 is 14.3 Å². The van der Waals surface area contributed by atoms with Crippen LogP contribution in [0.4, 0.5) is 0 Å². The lowest BCUT2D eigenvalue weighted by atomic mass is 9.80. The maximum absolute atomic E-state index is 12.6. The van der Waals surface area contributed by atoms with Gasteiger partial charge in [0, 0.05) is 55.0 Å². The average molecular weight is 348 g/mol. The number of hydrogen-bond acceptors (Lipinski definition) is 5. The average Bonchev–Trinajstić information content (AvgIpc) is 3.29. The summed E-state index contributed by atoms with van der Waals surface area (Å²) in [7, 11) is 0. The standard InChI is InChI=1S/C18H24N2O3S/c21-17(4-3-16-2-1-9-24-16)20-10-15-11-23-14-18(15,13-20)12-19-5-7-22-8-6-19/h1-4,9,15H,5-8,10-14H2/b4-3+/t15-,18+/m1/s1. The summed E-state index contributed by atoms with van der Waals surface area (Å²) in [5.41, 5.74) is 0.101. The monoisotopic (exact) mass is 348 g/mol. The van der Waals surface area contributed by atoms with E-state index in [0.717, 1.165) is 64.0 Å². The number of ether oxygens (including phenoxy) is 2. The molecule has 130 valence electrons. The Bertz CT molecular complexity index is 597. The fourth-order valence-corrected chi connectivity index (χ4v) is 4.69. The first kappa shape index (κ1) is 16.3. The number of amides is 1. The van der Waals surface area contributed by atoms with E-state index in [1.807, 2.05) is 28.5 Å². The van der Waals surface area contributed by atoms with E-state index in [1.165, 1.54) is 0 Å². The van der Waals surface area contributed by atoms with Crippen LogP contribution < -0.4 is 0 Å². The molecule has 6 heteroatoms. The van der Waals surface area contributed by atoms with Crippen LogP contribution in [0.1, 0.15) is 4.88 Å². The van der Waals surface area contributed by atoms with Gasteiger partial charge in [-0.15, -0.1) is 11.3 Å². The largest absolute Gasteiger partial charge is 0.380 e. The van der Waals surface area contributed by atoms with Crippen molar-refractivity contribution in [2.24, 2.45) is 11.3 Å². The lowest BCUT2D eigenvalue weighted by Gasteiger charge is -2.36. The lowest BCUT2D eigenvalue weighted by molar-refractivity contribution is -0.125. The van der Waals surface area contributed by atoms with Crippen LogP contribution in [0, 0.1) is 11.3 Å². The summed E-state index contributed by atoms with van der Waals surface area (Å²) in [6, 6.07) is 4.03. The summed E-state index contributed by atoms with van der Waals surface area (Å²) >= 11 is 1.65. The third-order valence-electron chi connectivity index (χ3n) is 5.41. The van der Waals surface area contributed by atoms with Crippen LogP contribution in [-0.2, 0) is 14.3 Å². The summed E-state index contributed by atoms with van der Waals surface area (Å²) in [4.78, 5) is 18.2. The van der Waals surface area contributed by atoms with Gasteiger partial charge in [0.15, 0.2) is 0 Å².